The summed E-state index contributed by atoms with van der Waals surface area (Å²) in [6.45, 7) is 2.25. The Kier molecular flexibility index (Phi) is 9.73. The summed E-state index contributed by atoms with van der Waals surface area (Å²) in [5.74, 6) is 1.16. The van der Waals surface area contributed by atoms with Crippen molar-refractivity contribution in [2.45, 2.75) is 43.9 Å². The number of carbonyl (C=O) groups is 1. The molecular formula is C22H24Br2OS. The van der Waals surface area contributed by atoms with Crippen LogP contribution in [0.5, 0.6) is 0 Å². The van der Waals surface area contributed by atoms with Gasteiger partial charge in [0, 0.05) is 19.4 Å². The highest BCUT2D eigenvalue weighted by atomic mass is 79.9. The fourth-order valence-corrected chi connectivity index (χ4v) is 4.23. The molecule has 0 saturated carbocycles. The van der Waals surface area contributed by atoms with E-state index >= 15 is 0 Å². The van der Waals surface area contributed by atoms with Gasteiger partial charge in [0.25, 0.3) is 0 Å². The van der Waals surface area contributed by atoms with Crippen LogP contribution in [-0.2, 0) is 0 Å². The SMILES string of the molecule is CCCCCCCSc1ccc(C=CC(=O)c2cc(Br)ccc2Br)cc1. The van der Waals surface area contributed by atoms with Crippen LogP contribution in [0.25, 0.3) is 6.08 Å². The zero-order valence-corrected chi connectivity index (χ0v) is 19.0. The molecule has 0 spiro atoms. The third-order valence-electron chi connectivity index (χ3n) is 4.02. The number of halogens is 2. The van der Waals surface area contributed by atoms with Gasteiger partial charge in [-0.3, -0.25) is 4.79 Å². The molecule has 0 saturated heterocycles. The van der Waals surface area contributed by atoms with E-state index in [-0.39, 0.29) is 5.78 Å². The summed E-state index contributed by atoms with van der Waals surface area (Å²) >= 11 is 8.75. The Bertz CT molecular complexity index is 738. The van der Waals surface area contributed by atoms with Crippen molar-refractivity contribution in [1.82, 2.24) is 0 Å². The van der Waals surface area contributed by atoms with Crippen molar-refractivity contribution in [2.24, 2.45) is 0 Å². The lowest BCUT2D eigenvalue weighted by Gasteiger charge is -2.03. The molecular weight excluding hydrogens is 472 g/mol. The first-order chi connectivity index (χ1) is 12.6. The van der Waals surface area contributed by atoms with Gasteiger partial charge in [-0.1, -0.05) is 82.7 Å². The summed E-state index contributed by atoms with van der Waals surface area (Å²) in [6.07, 6.45) is 10.1. The first-order valence-corrected chi connectivity index (χ1v) is 11.6. The first-order valence-electron chi connectivity index (χ1n) is 9.00. The zero-order chi connectivity index (χ0) is 18.8. The molecule has 0 amide bonds. The molecule has 0 aliphatic carbocycles. The number of hydrogen-bond donors (Lipinski definition) is 0. The molecule has 0 radical (unpaired) electrons. The highest BCUT2D eigenvalue weighted by molar-refractivity contribution is 9.11. The topological polar surface area (TPSA) is 17.1 Å². The van der Waals surface area contributed by atoms with Crippen LogP contribution in [0.3, 0.4) is 0 Å². The van der Waals surface area contributed by atoms with Crippen molar-refractivity contribution in [3.8, 4) is 0 Å². The Morgan fingerprint density at radius 2 is 1.73 bits per heavy atom. The Labute approximate surface area is 177 Å². The molecule has 1 nitrogen and oxygen atoms in total. The number of carbonyl (C=O) groups excluding carboxylic acids is 1. The number of benzene rings is 2. The van der Waals surface area contributed by atoms with E-state index in [2.05, 4.69) is 63.0 Å². The minimum atomic E-state index is -0.0105. The number of rotatable bonds is 10. The second-order valence-corrected chi connectivity index (χ2v) is 9.09. The number of allylic oxidation sites excluding steroid dienone is 1. The van der Waals surface area contributed by atoms with Crippen molar-refractivity contribution >= 4 is 55.5 Å². The maximum absolute atomic E-state index is 12.4. The van der Waals surface area contributed by atoms with Crippen LogP contribution in [0, 0.1) is 0 Å². The molecule has 2 rings (SSSR count). The molecule has 0 aliphatic rings. The van der Waals surface area contributed by atoms with Crippen LogP contribution in [0.1, 0.15) is 54.9 Å². The van der Waals surface area contributed by atoms with E-state index in [0.717, 1.165) is 14.5 Å². The van der Waals surface area contributed by atoms with E-state index in [9.17, 15) is 4.79 Å². The van der Waals surface area contributed by atoms with Crippen molar-refractivity contribution in [3.63, 3.8) is 0 Å². The van der Waals surface area contributed by atoms with Crippen molar-refractivity contribution < 1.29 is 4.79 Å². The standard InChI is InChI=1S/C22H24Br2OS/c1-2-3-4-5-6-15-26-19-11-7-17(8-12-19)9-14-22(25)20-16-18(23)10-13-21(20)24/h7-14,16H,2-6,15H2,1H3. The van der Waals surface area contributed by atoms with Crippen molar-refractivity contribution in [3.05, 3.63) is 68.6 Å². The molecule has 2 aromatic rings. The van der Waals surface area contributed by atoms with Crippen LogP contribution in [-0.4, -0.2) is 11.5 Å². The minimum absolute atomic E-state index is 0.0105. The van der Waals surface area contributed by atoms with Gasteiger partial charge in [0.2, 0.25) is 0 Å². The molecule has 0 bridgehead atoms. The lowest BCUT2D eigenvalue weighted by atomic mass is 10.1. The van der Waals surface area contributed by atoms with Gasteiger partial charge >= 0.3 is 0 Å². The van der Waals surface area contributed by atoms with Gasteiger partial charge in [0.15, 0.2) is 5.78 Å². The van der Waals surface area contributed by atoms with Gasteiger partial charge in [0.05, 0.1) is 0 Å². The number of ketones is 1. The summed E-state index contributed by atoms with van der Waals surface area (Å²) in [5, 5.41) is 0. The zero-order valence-electron chi connectivity index (χ0n) is 15.0. The second kappa shape index (κ2) is 11.8. The smallest absolute Gasteiger partial charge is 0.187 e. The first kappa shape index (κ1) is 21.5. The van der Waals surface area contributed by atoms with Gasteiger partial charge in [-0.15, -0.1) is 11.8 Å². The predicted molar refractivity (Wildman–Crippen MR) is 121 cm³/mol. The molecule has 138 valence electrons. The third-order valence-corrected chi connectivity index (χ3v) is 6.30. The van der Waals surface area contributed by atoms with Crippen LogP contribution >= 0.6 is 43.6 Å². The quantitative estimate of drug-likeness (QED) is 0.143. The number of hydrogen-bond acceptors (Lipinski definition) is 2. The van der Waals surface area contributed by atoms with Crippen LogP contribution < -0.4 is 0 Å². The van der Waals surface area contributed by atoms with Crippen LogP contribution in [0.4, 0.5) is 0 Å². The van der Waals surface area contributed by atoms with E-state index in [1.165, 1.54) is 42.8 Å². The highest BCUT2D eigenvalue weighted by Crippen LogP contribution is 2.23. The van der Waals surface area contributed by atoms with E-state index < -0.39 is 0 Å². The van der Waals surface area contributed by atoms with Gasteiger partial charge < -0.3 is 0 Å². The largest absolute Gasteiger partial charge is 0.289 e. The second-order valence-electron chi connectivity index (χ2n) is 6.15. The predicted octanol–water partition coefficient (Wildman–Crippen LogP) is 8.17. The average Bonchev–Trinajstić information content (AvgIpc) is 2.65. The van der Waals surface area contributed by atoms with Gasteiger partial charge in [-0.2, -0.15) is 0 Å². The van der Waals surface area contributed by atoms with Gasteiger partial charge in [0.1, 0.15) is 0 Å². The van der Waals surface area contributed by atoms with Crippen molar-refractivity contribution in [2.75, 3.05) is 5.75 Å². The molecule has 0 N–H and O–H groups in total. The highest BCUT2D eigenvalue weighted by Gasteiger charge is 2.07. The average molecular weight is 496 g/mol. The Balaban J connectivity index is 1.85. The van der Waals surface area contributed by atoms with Crippen LogP contribution in [0.15, 0.2) is 62.4 Å². The lowest BCUT2D eigenvalue weighted by molar-refractivity contribution is 0.104. The molecule has 26 heavy (non-hydrogen) atoms. The summed E-state index contributed by atoms with van der Waals surface area (Å²) in [4.78, 5) is 13.7. The molecule has 0 fully saturated rings. The maximum atomic E-state index is 12.4. The van der Waals surface area contributed by atoms with E-state index in [1.54, 1.807) is 6.08 Å². The normalized spacial score (nSPS) is 11.2. The minimum Gasteiger partial charge on any atom is -0.289 e. The Morgan fingerprint density at radius 1 is 1.00 bits per heavy atom. The lowest BCUT2D eigenvalue weighted by Crippen LogP contribution is -1.95. The Morgan fingerprint density at radius 3 is 2.46 bits per heavy atom. The molecule has 4 heteroatoms. The summed E-state index contributed by atoms with van der Waals surface area (Å²) in [5.41, 5.74) is 1.70. The molecule has 0 unspecified atom stereocenters. The van der Waals surface area contributed by atoms with Crippen LogP contribution in [0.2, 0.25) is 0 Å². The summed E-state index contributed by atoms with van der Waals surface area (Å²) in [7, 11) is 0. The fraction of sp³-hybridized carbons (Fsp3) is 0.318. The third kappa shape index (κ3) is 7.42. The van der Waals surface area contributed by atoms with E-state index in [4.69, 9.17) is 0 Å². The van der Waals surface area contributed by atoms with E-state index in [0.29, 0.717) is 5.56 Å². The fourth-order valence-electron chi connectivity index (χ4n) is 2.52. The number of thioether (sulfide) groups is 1. The number of unbranched alkanes of at least 4 members (excludes halogenated alkanes) is 4. The molecule has 2 aromatic carbocycles. The summed E-state index contributed by atoms with van der Waals surface area (Å²) in [6, 6.07) is 14.0. The summed E-state index contributed by atoms with van der Waals surface area (Å²) < 4.78 is 1.70. The molecule has 0 aromatic heterocycles. The Hall–Kier alpha value is -0.840. The van der Waals surface area contributed by atoms with Gasteiger partial charge in [-0.25, -0.2) is 0 Å². The van der Waals surface area contributed by atoms with Crippen molar-refractivity contribution in [1.29, 1.82) is 0 Å². The van der Waals surface area contributed by atoms with Gasteiger partial charge in [-0.05, 0) is 54.1 Å². The van der Waals surface area contributed by atoms with E-state index in [1.807, 2.05) is 36.0 Å². The molecule has 0 aliphatic heterocycles. The molecule has 0 atom stereocenters. The maximum Gasteiger partial charge on any atom is 0.187 e. The molecule has 0 heterocycles. The monoisotopic (exact) mass is 494 g/mol.